The molecule has 2 heterocycles. The van der Waals surface area contributed by atoms with Crippen LogP contribution in [0, 0.1) is 5.82 Å². The molecule has 4 rings (SSSR count). The number of hydrogen-bond acceptors (Lipinski definition) is 5. The lowest BCUT2D eigenvalue weighted by molar-refractivity contribution is 0.0935. The van der Waals surface area contributed by atoms with Gasteiger partial charge in [0, 0.05) is 42.3 Å². The highest BCUT2D eigenvalue weighted by atomic mass is 35.5. The van der Waals surface area contributed by atoms with E-state index in [2.05, 4.69) is 20.1 Å². The monoisotopic (exact) mass is 444 g/mol. The van der Waals surface area contributed by atoms with Gasteiger partial charge in [0.25, 0.3) is 5.91 Å². The number of rotatable bonds is 5. The number of piperazine rings is 1. The van der Waals surface area contributed by atoms with Crippen molar-refractivity contribution in [1.82, 2.24) is 10.3 Å². The van der Waals surface area contributed by atoms with E-state index in [1.54, 1.807) is 17.5 Å². The maximum absolute atomic E-state index is 13.1. The van der Waals surface area contributed by atoms with Gasteiger partial charge in [-0.2, -0.15) is 0 Å². The maximum atomic E-state index is 13.1. The average molecular weight is 445 g/mol. The number of anilines is 2. The Morgan fingerprint density at radius 2 is 1.70 bits per heavy atom. The van der Waals surface area contributed by atoms with Crippen LogP contribution in [0.15, 0.2) is 53.9 Å². The molecular formula is C22H22ClFN4OS. The summed E-state index contributed by atoms with van der Waals surface area (Å²) in [5.41, 5.74) is 2.41. The Bertz CT molecular complexity index is 1000. The zero-order valence-electron chi connectivity index (χ0n) is 16.5. The first-order valence-electron chi connectivity index (χ1n) is 9.77. The molecule has 0 spiro atoms. The molecule has 8 heteroatoms. The largest absolute Gasteiger partial charge is 0.368 e. The molecule has 1 aliphatic rings. The van der Waals surface area contributed by atoms with Gasteiger partial charge in [-0.05, 0) is 48.9 Å². The summed E-state index contributed by atoms with van der Waals surface area (Å²) in [6, 6.07) is 13.8. The third kappa shape index (κ3) is 4.74. The zero-order valence-corrected chi connectivity index (χ0v) is 18.1. The molecule has 1 aliphatic heterocycles. The summed E-state index contributed by atoms with van der Waals surface area (Å²) in [5, 5.41) is 6.30. The number of aromatic nitrogens is 1. The molecule has 30 heavy (non-hydrogen) atoms. The van der Waals surface area contributed by atoms with E-state index in [1.807, 2.05) is 31.2 Å². The second-order valence-corrected chi connectivity index (χ2v) is 8.49. The second kappa shape index (κ2) is 9.02. The Kier molecular flexibility index (Phi) is 6.20. The zero-order chi connectivity index (χ0) is 21.1. The Morgan fingerprint density at radius 3 is 2.37 bits per heavy atom. The lowest BCUT2D eigenvalue weighted by Gasteiger charge is -2.36. The lowest BCUT2D eigenvalue weighted by Crippen LogP contribution is -2.46. The molecule has 0 aliphatic carbocycles. The molecule has 2 aromatic carbocycles. The van der Waals surface area contributed by atoms with Gasteiger partial charge in [0.15, 0.2) is 5.13 Å². The van der Waals surface area contributed by atoms with E-state index in [9.17, 15) is 9.18 Å². The fourth-order valence-electron chi connectivity index (χ4n) is 3.43. The van der Waals surface area contributed by atoms with Crippen molar-refractivity contribution in [2.24, 2.45) is 0 Å². The lowest BCUT2D eigenvalue weighted by atomic mass is 10.1. The summed E-state index contributed by atoms with van der Waals surface area (Å²) in [6.07, 6.45) is 0. The minimum Gasteiger partial charge on any atom is -0.368 e. The Morgan fingerprint density at radius 1 is 1.07 bits per heavy atom. The summed E-state index contributed by atoms with van der Waals surface area (Å²) < 4.78 is 13.1. The van der Waals surface area contributed by atoms with Crippen molar-refractivity contribution in [3.05, 3.63) is 76.0 Å². The van der Waals surface area contributed by atoms with Gasteiger partial charge in [-0.25, -0.2) is 9.37 Å². The van der Waals surface area contributed by atoms with Crippen molar-refractivity contribution >= 4 is 39.7 Å². The molecule has 1 atom stereocenters. The van der Waals surface area contributed by atoms with Gasteiger partial charge < -0.3 is 15.1 Å². The summed E-state index contributed by atoms with van der Waals surface area (Å²) in [7, 11) is 0. The van der Waals surface area contributed by atoms with Crippen molar-refractivity contribution < 1.29 is 9.18 Å². The summed E-state index contributed by atoms with van der Waals surface area (Å²) in [4.78, 5) is 21.6. The smallest absolute Gasteiger partial charge is 0.271 e. The van der Waals surface area contributed by atoms with Crippen LogP contribution in [0.5, 0.6) is 0 Å². The molecular weight excluding hydrogens is 423 g/mol. The van der Waals surface area contributed by atoms with Gasteiger partial charge in [-0.1, -0.05) is 23.7 Å². The van der Waals surface area contributed by atoms with Crippen LogP contribution in [0.4, 0.5) is 15.2 Å². The van der Waals surface area contributed by atoms with E-state index in [-0.39, 0.29) is 17.8 Å². The quantitative estimate of drug-likeness (QED) is 0.616. The van der Waals surface area contributed by atoms with E-state index >= 15 is 0 Å². The molecule has 5 nitrogen and oxygen atoms in total. The van der Waals surface area contributed by atoms with Crippen LogP contribution in [-0.4, -0.2) is 37.1 Å². The highest BCUT2D eigenvalue weighted by Gasteiger charge is 2.21. The maximum Gasteiger partial charge on any atom is 0.271 e. The van der Waals surface area contributed by atoms with Gasteiger partial charge in [-0.15, -0.1) is 11.3 Å². The molecule has 1 fully saturated rings. The first-order chi connectivity index (χ1) is 14.5. The van der Waals surface area contributed by atoms with E-state index in [0.717, 1.165) is 47.6 Å². The van der Waals surface area contributed by atoms with Gasteiger partial charge >= 0.3 is 0 Å². The van der Waals surface area contributed by atoms with Gasteiger partial charge in [0.05, 0.1) is 6.04 Å². The number of carbonyl (C=O) groups is 1. The molecule has 0 unspecified atom stereocenters. The summed E-state index contributed by atoms with van der Waals surface area (Å²) in [5.74, 6) is -0.522. The van der Waals surface area contributed by atoms with E-state index < -0.39 is 0 Å². The third-order valence-electron chi connectivity index (χ3n) is 5.18. The Balaban J connectivity index is 1.34. The highest BCUT2D eigenvalue weighted by Crippen LogP contribution is 2.25. The highest BCUT2D eigenvalue weighted by molar-refractivity contribution is 7.13. The average Bonchev–Trinajstić information content (AvgIpc) is 3.25. The number of benzene rings is 2. The predicted octanol–water partition coefficient (Wildman–Crippen LogP) is 4.75. The van der Waals surface area contributed by atoms with Crippen LogP contribution >= 0.6 is 22.9 Å². The molecule has 1 amide bonds. The van der Waals surface area contributed by atoms with E-state index in [1.165, 1.54) is 23.5 Å². The molecule has 0 saturated carbocycles. The van der Waals surface area contributed by atoms with Crippen LogP contribution < -0.4 is 15.1 Å². The van der Waals surface area contributed by atoms with E-state index in [0.29, 0.717) is 5.69 Å². The third-order valence-corrected chi connectivity index (χ3v) is 6.34. The van der Waals surface area contributed by atoms with Crippen LogP contribution in [0.2, 0.25) is 5.02 Å². The standard InChI is InChI=1S/C22H22ClFN4OS/c1-15(16-2-6-18(24)7-3-16)25-21(29)20-14-30-22(26-20)28-12-10-27(11-13-28)19-8-4-17(23)5-9-19/h2-9,14-15H,10-13H2,1H3,(H,25,29)/t15-/m0/s1. The van der Waals surface area contributed by atoms with Crippen molar-refractivity contribution in [2.75, 3.05) is 36.0 Å². The number of nitrogens with zero attached hydrogens (tertiary/aromatic N) is 3. The van der Waals surface area contributed by atoms with Gasteiger partial charge in [0.1, 0.15) is 11.5 Å². The number of amides is 1. The van der Waals surface area contributed by atoms with Crippen LogP contribution in [-0.2, 0) is 0 Å². The second-order valence-electron chi connectivity index (χ2n) is 7.21. The summed E-state index contributed by atoms with van der Waals surface area (Å²) >= 11 is 7.45. The van der Waals surface area contributed by atoms with Crippen LogP contribution in [0.1, 0.15) is 29.0 Å². The number of nitrogens with one attached hydrogen (secondary N) is 1. The SMILES string of the molecule is C[C@H](NC(=O)c1csc(N2CCN(c3ccc(Cl)cc3)CC2)n1)c1ccc(F)cc1. The predicted molar refractivity (Wildman–Crippen MR) is 120 cm³/mol. The first-order valence-corrected chi connectivity index (χ1v) is 11.0. The minimum atomic E-state index is -0.294. The van der Waals surface area contributed by atoms with E-state index in [4.69, 9.17) is 11.6 Å². The fraction of sp³-hybridized carbons (Fsp3) is 0.273. The van der Waals surface area contributed by atoms with Crippen molar-refractivity contribution in [2.45, 2.75) is 13.0 Å². The molecule has 1 aromatic heterocycles. The first kappa shape index (κ1) is 20.6. The Labute approximate surface area is 184 Å². The molecule has 0 radical (unpaired) electrons. The topological polar surface area (TPSA) is 48.5 Å². The fourth-order valence-corrected chi connectivity index (χ4v) is 4.41. The number of halogens is 2. The van der Waals surface area contributed by atoms with Crippen molar-refractivity contribution in [3.8, 4) is 0 Å². The number of hydrogen-bond donors (Lipinski definition) is 1. The van der Waals surface area contributed by atoms with Gasteiger partial charge in [0.2, 0.25) is 0 Å². The molecule has 0 bridgehead atoms. The van der Waals surface area contributed by atoms with Crippen molar-refractivity contribution in [1.29, 1.82) is 0 Å². The molecule has 156 valence electrons. The van der Waals surface area contributed by atoms with Gasteiger partial charge in [-0.3, -0.25) is 4.79 Å². The van der Waals surface area contributed by atoms with Crippen molar-refractivity contribution in [3.63, 3.8) is 0 Å². The molecule has 1 N–H and O–H groups in total. The van der Waals surface area contributed by atoms with Crippen LogP contribution in [0.3, 0.4) is 0 Å². The number of thiazole rings is 1. The molecule has 1 saturated heterocycles. The normalized spacial score (nSPS) is 15.2. The minimum absolute atomic E-state index is 0.228. The number of carbonyl (C=O) groups excluding carboxylic acids is 1. The molecule has 3 aromatic rings. The van der Waals surface area contributed by atoms with Crippen LogP contribution in [0.25, 0.3) is 0 Å². The summed E-state index contributed by atoms with van der Waals surface area (Å²) in [6.45, 7) is 5.30. The Hall–Kier alpha value is -2.64.